The Hall–Kier alpha value is -2.17. The molecule has 0 radical (unpaired) electrons. The maximum absolute atomic E-state index is 12.1. The average molecular weight is 312 g/mol. The van der Waals surface area contributed by atoms with Gasteiger partial charge in [0.05, 0.1) is 11.9 Å². The Morgan fingerprint density at radius 3 is 2.70 bits per heavy atom. The summed E-state index contributed by atoms with van der Waals surface area (Å²) in [5.74, 6) is 1.61. The van der Waals surface area contributed by atoms with Crippen LogP contribution >= 0.6 is 0 Å². The highest BCUT2D eigenvalue weighted by atomic mass is 16.1. The lowest BCUT2D eigenvalue weighted by molar-refractivity contribution is -0.116. The molecule has 0 aromatic carbocycles. The van der Waals surface area contributed by atoms with Crippen molar-refractivity contribution >= 4 is 11.6 Å². The zero-order valence-corrected chi connectivity index (χ0v) is 13.4. The van der Waals surface area contributed by atoms with Gasteiger partial charge >= 0.3 is 0 Å². The fraction of sp³-hybridized carbons (Fsp3) is 0.500. The molecular weight excluding hydrogens is 288 g/mol. The highest BCUT2D eigenvalue weighted by Crippen LogP contribution is 2.26. The first-order valence-electron chi connectivity index (χ1n) is 8.55. The van der Waals surface area contributed by atoms with Gasteiger partial charge in [-0.1, -0.05) is 38.5 Å². The molecule has 1 amide bonds. The Labute approximate surface area is 137 Å². The molecule has 0 spiro atoms. The van der Waals surface area contributed by atoms with Gasteiger partial charge in [0.2, 0.25) is 5.91 Å². The van der Waals surface area contributed by atoms with E-state index in [1.807, 2.05) is 22.9 Å². The molecule has 23 heavy (non-hydrogen) atoms. The summed E-state index contributed by atoms with van der Waals surface area (Å²) < 4.78 is 1.83. The number of pyridine rings is 1. The van der Waals surface area contributed by atoms with E-state index in [1.54, 1.807) is 18.7 Å². The molecule has 1 fully saturated rings. The maximum Gasteiger partial charge on any atom is 0.224 e. The molecule has 0 bridgehead atoms. The van der Waals surface area contributed by atoms with Crippen molar-refractivity contribution in [1.82, 2.24) is 14.5 Å². The lowest BCUT2D eigenvalue weighted by atomic mass is 9.95. The molecule has 1 N–H and O–H groups in total. The molecule has 2 heterocycles. The first kappa shape index (κ1) is 15.7. The Bertz CT molecular complexity index is 598. The van der Waals surface area contributed by atoms with Crippen molar-refractivity contribution in [2.24, 2.45) is 5.92 Å². The van der Waals surface area contributed by atoms with Crippen LogP contribution in [0.4, 0.5) is 5.69 Å². The van der Waals surface area contributed by atoms with Crippen LogP contribution in [0.2, 0.25) is 0 Å². The Morgan fingerprint density at radius 1 is 1.22 bits per heavy atom. The van der Waals surface area contributed by atoms with Crippen molar-refractivity contribution in [2.45, 2.75) is 51.4 Å². The van der Waals surface area contributed by atoms with Crippen molar-refractivity contribution in [3.63, 3.8) is 0 Å². The molecule has 122 valence electrons. The number of amides is 1. The van der Waals surface area contributed by atoms with Crippen molar-refractivity contribution in [1.29, 1.82) is 0 Å². The maximum atomic E-state index is 12.1. The minimum absolute atomic E-state index is 0.0893. The van der Waals surface area contributed by atoms with Gasteiger partial charge in [-0.15, -0.1) is 0 Å². The van der Waals surface area contributed by atoms with Crippen LogP contribution in [0, 0.1) is 5.92 Å². The predicted octanol–water partition coefficient (Wildman–Crippen LogP) is 3.96. The molecule has 1 aliphatic carbocycles. The number of anilines is 1. The molecular formula is C18H24N4O. The van der Waals surface area contributed by atoms with Crippen molar-refractivity contribution < 1.29 is 4.79 Å². The molecule has 1 saturated carbocycles. The van der Waals surface area contributed by atoms with E-state index in [9.17, 15) is 4.79 Å². The normalized spacial score (nSPS) is 16.0. The van der Waals surface area contributed by atoms with E-state index in [0.29, 0.717) is 6.42 Å². The molecule has 0 saturated heterocycles. The van der Waals surface area contributed by atoms with E-state index in [2.05, 4.69) is 15.3 Å². The van der Waals surface area contributed by atoms with Gasteiger partial charge < -0.3 is 5.32 Å². The summed E-state index contributed by atoms with van der Waals surface area (Å²) in [7, 11) is 0. The molecule has 0 atom stereocenters. The van der Waals surface area contributed by atoms with Crippen LogP contribution in [0.3, 0.4) is 0 Å². The number of carbonyl (C=O) groups excluding carboxylic acids is 1. The second-order valence-electron chi connectivity index (χ2n) is 6.32. The monoisotopic (exact) mass is 312 g/mol. The molecule has 1 aliphatic rings. The number of nitrogens with one attached hydrogen (secondary N) is 1. The largest absolute Gasteiger partial charge is 0.325 e. The van der Waals surface area contributed by atoms with Gasteiger partial charge in [-0.05, 0) is 24.5 Å². The van der Waals surface area contributed by atoms with Crippen LogP contribution in [-0.2, 0) is 4.79 Å². The van der Waals surface area contributed by atoms with Crippen LogP contribution in [0.5, 0.6) is 0 Å². The van der Waals surface area contributed by atoms with Crippen molar-refractivity contribution in [2.75, 3.05) is 5.32 Å². The summed E-state index contributed by atoms with van der Waals surface area (Å²) in [5, 5.41) is 2.94. The molecule has 5 nitrogen and oxygen atoms in total. The van der Waals surface area contributed by atoms with E-state index in [-0.39, 0.29) is 5.91 Å². The van der Waals surface area contributed by atoms with E-state index in [4.69, 9.17) is 0 Å². The van der Waals surface area contributed by atoms with Gasteiger partial charge in [0.15, 0.2) is 0 Å². The Kier molecular flexibility index (Phi) is 5.40. The van der Waals surface area contributed by atoms with Crippen LogP contribution in [-0.4, -0.2) is 20.4 Å². The summed E-state index contributed by atoms with van der Waals surface area (Å²) in [6.45, 7) is 0. The second-order valence-corrected chi connectivity index (χ2v) is 6.32. The molecule has 5 heteroatoms. The molecule has 0 unspecified atom stereocenters. The number of hydrogen-bond acceptors (Lipinski definition) is 3. The van der Waals surface area contributed by atoms with Gasteiger partial charge in [0, 0.05) is 18.8 Å². The number of nitrogens with zero attached hydrogens (tertiary/aromatic N) is 3. The zero-order chi connectivity index (χ0) is 15.9. The van der Waals surface area contributed by atoms with Gasteiger partial charge in [-0.2, -0.15) is 0 Å². The van der Waals surface area contributed by atoms with Gasteiger partial charge in [0.25, 0.3) is 0 Å². The fourth-order valence-corrected chi connectivity index (χ4v) is 3.22. The number of rotatable bonds is 5. The third-order valence-electron chi connectivity index (χ3n) is 4.55. The van der Waals surface area contributed by atoms with Crippen molar-refractivity contribution in [3.05, 3.63) is 37.1 Å². The standard InChI is InChI=1S/C18H24N4O/c23-18(10-7-15-5-3-1-2-4-6-15)21-16-8-9-17(20-13-16)22-12-11-19-14-22/h8-9,11-15H,1-7,10H2,(H,21,23). The van der Waals surface area contributed by atoms with E-state index >= 15 is 0 Å². The van der Waals surface area contributed by atoms with Gasteiger partial charge in [-0.25, -0.2) is 9.97 Å². The van der Waals surface area contributed by atoms with E-state index in [1.165, 1.54) is 38.5 Å². The lowest BCUT2D eigenvalue weighted by Crippen LogP contribution is -2.13. The smallest absolute Gasteiger partial charge is 0.224 e. The number of carbonyl (C=O) groups is 1. The third-order valence-corrected chi connectivity index (χ3v) is 4.55. The number of imidazole rings is 1. The van der Waals surface area contributed by atoms with Crippen LogP contribution in [0.1, 0.15) is 51.4 Å². The summed E-state index contributed by atoms with van der Waals surface area (Å²) in [6.07, 6.45) is 16.5. The highest BCUT2D eigenvalue weighted by Gasteiger charge is 2.14. The van der Waals surface area contributed by atoms with Crippen LogP contribution < -0.4 is 5.32 Å². The zero-order valence-electron chi connectivity index (χ0n) is 13.4. The number of hydrogen-bond donors (Lipinski definition) is 1. The van der Waals surface area contributed by atoms with E-state index < -0.39 is 0 Å². The van der Waals surface area contributed by atoms with Crippen LogP contribution in [0.25, 0.3) is 5.82 Å². The summed E-state index contributed by atoms with van der Waals surface area (Å²) in [5.41, 5.74) is 0.750. The Balaban J connectivity index is 1.47. The quantitative estimate of drug-likeness (QED) is 0.850. The van der Waals surface area contributed by atoms with E-state index in [0.717, 1.165) is 23.8 Å². The minimum Gasteiger partial charge on any atom is -0.325 e. The Morgan fingerprint density at radius 2 is 2.04 bits per heavy atom. The molecule has 2 aromatic rings. The van der Waals surface area contributed by atoms with Crippen molar-refractivity contribution in [3.8, 4) is 5.82 Å². The SMILES string of the molecule is O=C(CCC1CCCCCC1)Nc1ccc(-n2ccnc2)nc1. The summed E-state index contributed by atoms with van der Waals surface area (Å²) in [4.78, 5) is 20.4. The lowest BCUT2D eigenvalue weighted by Gasteiger charge is -2.13. The van der Waals surface area contributed by atoms with Gasteiger partial charge in [0.1, 0.15) is 12.1 Å². The predicted molar refractivity (Wildman–Crippen MR) is 90.4 cm³/mol. The summed E-state index contributed by atoms with van der Waals surface area (Å²) in [6, 6.07) is 3.76. The third kappa shape index (κ3) is 4.65. The van der Waals surface area contributed by atoms with Crippen LogP contribution in [0.15, 0.2) is 37.1 Å². The summed E-state index contributed by atoms with van der Waals surface area (Å²) >= 11 is 0. The topological polar surface area (TPSA) is 59.8 Å². The average Bonchev–Trinajstić information content (AvgIpc) is 2.98. The minimum atomic E-state index is 0.0893. The highest BCUT2D eigenvalue weighted by molar-refractivity contribution is 5.90. The number of aromatic nitrogens is 3. The first-order chi connectivity index (χ1) is 11.3. The molecule has 3 rings (SSSR count). The first-order valence-corrected chi connectivity index (χ1v) is 8.55. The molecule has 2 aromatic heterocycles. The fourth-order valence-electron chi connectivity index (χ4n) is 3.22. The van der Waals surface area contributed by atoms with Gasteiger partial charge in [-0.3, -0.25) is 9.36 Å². The second kappa shape index (κ2) is 7.90. The molecule has 0 aliphatic heterocycles.